The minimum Gasteiger partial charge on any atom is -0.399 e. The SMILES string of the molecule is Cn1c(Cl)cnc1CSc1cc(N)ccc1Cl. The minimum atomic E-state index is 0.624. The van der Waals surface area contributed by atoms with E-state index in [2.05, 4.69) is 4.98 Å². The standard InChI is InChI=1S/C11H11Cl2N3S/c1-16-10(13)5-15-11(16)6-17-9-4-7(14)2-3-8(9)12/h2-5H,6,14H2,1H3. The minimum absolute atomic E-state index is 0.624. The summed E-state index contributed by atoms with van der Waals surface area (Å²) in [4.78, 5) is 5.17. The molecule has 0 bridgehead atoms. The number of nitrogen functional groups attached to an aromatic ring is 1. The molecule has 1 aromatic carbocycles. The van der Waals surface area contributed by atoms with Gasteiger partial charge < -0.3 is 10.3 Å². The van der Waals surface area contributed by atoms with Crippen LogP contribution < -0.4 is 5.73 Å². The zero-order chi connectivity index (χ0) is 12.4. The van der Waals surface area contributed by atoms with Crippen LogP contribution in [-0.4, -0.2) is 9.55 Å². The van der Waals surface area contributed by atoms with Crippen LogP contribution in [-0.2, 0) is 12.8 Å². The number of hydrogen-bond acceptors (Lipinski definition) is 3. The lowest BCUT2D eigenvalue weighted by Crippen LogP contribution is -1.96. The molecule has 17 heavy (non-hydrogen) atoms. The molecule has 3 nitrogen and oxygen atoms in total. The Balaban J connectivity index is 2.12. The highest BCUT2D eigenvalue weighted by atomic mass is 35.5. The van der Waals surface area contributed by atoms with Crippen LogP contribution in [0.2, 0.25) is 10.2 Å². The van der Waals surface area contributed by atoms with Crippen molar-refractivity contribution in [1.29, 1.82) is 0 Å². The summed E-state index contributed by atoms with van der Waals surface area (Å²) in [5, 5.41) is 1.32. The van der Waals surface area contributed by atoms with Crippen LogP contribution in [0.25, 0.3) is 0 Å². The van der Waals surface area contributed by atoms with Crippen LogP contribution >= 0.6 is 35.0 Å². The van der Waals surface area contributed by atoms with Crippen molar-refractivity contribution in [2.24, 2.45) is 7.05 Å². The number of aromatic nitrogens is 2. The normalized spacial score (nSPS) is 10.8. The number of thioether (sulfide) groups is 1. The summed E-state index contributed by atoms with van der Waals surface area (Å²) in [6.45, 7) is 0. The van der Waals surface area contributed by atoms with Crippen LogP contribution in [0.3, 0.4) is 0 Å². The summed E-state index contributed by atoms with van der Waals surface area (Å²) in [6.07, 6.45) is 1.64. The van der Waals surface area contributed by atoms with Crippen molar-refractivity contribution in [2.45, 2.75) is 10.6 Å². The maximum atomic E-state index is 6.08. The Morgan fingerprint density at radius 2 is 2.18 bits per heavy atom. The molecule has 0 atom stereocenters. The first kappa shape index (κ1) is 12.6. The topological polar surface area (TPSA) is 43.8 Å². The van der Waals surface area contributed by atoms with Gasteiger partial charge in [-0.25, -0.2) is 4.98 Å². The molecular formula is C11H11Cl2N3S. The summed E-state index contributed by atoms with van der Waals surface area (Å²) < 4.78 is 1.84. The molecule has 0 unspecified atom stereocenters. The number of benzene rings is 1. The molecule has 0 amide bonds. The average Bonchev–Trinajstić information content (AvgIpc) is 2.62. The van der Waals surface area contributed by atoms with Crippen molar-refractivity contribution in [3.8, 4) is 0 Å². The van der Waals surface area contributed by atoms with Crippen LogP contribution in [0.1, 0.15) is 5.82 Å². The molecule has 0 fully saturated rings. The van der Waals surface area contributed by atoms with E-state index in [0.717, 1.165) is 10.7 Å². The van der Waals surface area contributed by atoms with E-state index in [1.165, 1.54) is 0 Å². The van der Waals surface area contributed by atoms with Gasteiger partial charge in [0.25, 0.3) is 0 Å². The highest BCUT2D eigenvalue weighted by Crippen LogP contribution is 2.31. The Hall–Kier alpha value is -0.840. The largest absolute Gasteiger partial charge is 0.399 e. The van der Waals surface area contributed by atoms with Crippen LogP contribution in [0.4, 0.5) is 5.69 Å². The number of rotatable bonds is 3. The molecule has 0 aliphatic carbocycles. The van der Waals surface area contributed by atoms with Crippen LogP contribution in [0.5, 0.6) is 0 Å². The fourth-order valence-electron chi connectivity index (χ4n) is 1.33. The Morgan fingerprint density at radius 1 is 1.41 bits per heavy atom. The van der Waals surface area contributed by atoms with Gasteiger partial charge in [0.1, 0.15) is 11.0 Å². The van der Waals surface area contributed by atoms with Gasteiger partial charge in [0.15, 0.2) is 0 Å². The highest BCUT2D eigenvalue weighted by molar-refractivity contribution is 7.98. The smallest absolute Gasteiger partial charge is 0.128 e. The molecule has 0 spiro atoms. The van der Waals surface area contributed by atoms with Gasteiger partial charge in [0, 0.05) is 17.6 Å². The quantitative estimate of drug-likeness (QED) is 0.693. The van der Waals surface area contributed by atoms with Gasteiger partial charge in [-0.2, -0.15) is 0 Å². The van der Waals surface area contributed by atoms with Crippen molar-refractivity contribution in [3.05, 3.63) is 40.4 Å². The third-order valence-electron chi connectivity index (χ3n) is 2.34. The van der Waals surface area contributed by atoms with Crippen LogP contribution in [0.15, 0.2) is 29.3 Å². The van der Waals surface area contributed by atoms with E-state index < -0.39 is 0 Å². The second-order valence-corrected chi connectivity index (χ2v) is 5.35. The van der Waals surface area contributed by atoms with Gasteiger partial charge in [-0.15, -0.1) is 11.8 Å². The molecule has 1 aromatic heterocycles. The van der Waals surface area contributed by atoms with Gasteiger partial charge in [-0.3, -0.25) is 0 Å². The van der Waals surface area contributed by atoms with E-state index in [4.69, 9.17) is 28.9 Å². The molecule has 0 saturated heterocycles. The molecule has 0 radical (unpaired) electrons. The van der Waals surface area contributed by atoms with Crippen molar-refractivity contribution in [3.63, 3.8) is 0 Å². The van der Waals surface area contributed by atoms with Crippen molar-refractivity contribution >= 4 is 40.7 Å². The fourth-order valence-corrected chi connectivity index (χ4v) is 2.74. The number of halogens is 2. The highest BCUT2D eigenvalue weighted by Gasteiger charge is 2.07. The zero-order valence-electron chi connectivity index (χ0n) is 9.15. The number of nitrogens with zero attached hydrogens (tertiary/aromatic N) is 2. The maximum Gasteiger partial charge on any atom is 0.128 e. The van der Waals surface area contributed by atoms with Crippen molar-refractivity contribution in [1.82, 2.24) is 9.55 Å². The predicted molar refractivity (Wildman–Crippen MR) is 73.6 cm³/mol. The Morgan fingerprint density at radius 3 is 2.82 bits per heavy atom. The second-order valence-electron chi connectivity index (χ2n) is 3.53. The lowest BCUT2D eigenvalue weighted by Gasteiger charge is -2.05. The lowest BCUT2D eigenvalue weighted by molar-refractivity contribution is 0.850. The third-order valence-corrected chi connectivity index (χ3v) is 4.18. The Bertz CT molecular complexity index is 540. The second kappa shape index (κ2) is 5.21. The first-order valence-corrected chi connectivity index (χ1v) is 6.66. The fraction of sp³-hybridized carbons (Fsp3) is 0.182. The van der Waals surface area contributed by atoms with Gasteiger partial charge in [-0.05, 0) is 18.2 Å². The van der Waals surface area contributed by atoms with E-state index in [9.17, 15) is 0 Å². The van der Waals surface area contributed by atoms with E-state index in [-0.39, 0.29) is 0 Å². The zero-order valence-corrected chi connectivity index (χ0v) is 11.5. The first-order chi connectivity index (χ1) is 8.08. The van der Waals surface area contributed by atoms with E-state index in [1.807, 2.05) is 17.7 Å². The van der Waals surface area contributed by atoms with Crippen LogP contribution in [0, 0.1) is 0 Å². The summed E-state index contributed by atoms with van der Waals surface area (Å²) >= 11 is 13.6. The molecule has 2 rings (SSSR count). The number of hydrogen-bond donors (Lipinski definition) is 1. The predicted octanol–water partition coefficient (Wildman–Crippen LogP) is 3.60. The summed E-state index contributed by atoms with van der Waals surface area (Å²) in [5.41, 5.74) is 6.42. The summed E-state index contributed by atoms with van der Waals surface area (Å²) in [7, 11) is 1.88. The number of imidazole rings is 1. The molecule has 2 aromatic rings. The molecule has 0 aliphatic rings. The molecule has 1 heterocycles. The monoisotopic (exact) mass is 287 g/mol. The molecule has 0 aliphatic heterocycles. The summed E-state index contributed by atoms with van der Waals surface area (Å²) in [6, 6.07) is 5.44. The Kier molecular flexibility index (Phi) is 3.86. The average molecular weight is 288 g/mol. The third kappa shape index (κ3) is 2.89. The van der Waals surface area contributed by atoms with Gasteiger partial charge >= 0.3 is 0 Å². The lowest BCUT2D eigenvalue weighted by atomic mass is 10.3. The molecule has 90 valence electrons. The van der Waals surface area contributed by atoms with Crippen molar-refractivity contribution < 1.29 is 0 Å². The van der Waals surface area contributed by atoms with Gasteiger partial charge in [0.2, 0.25) is 0 Å². The molecule has 6 heteroatoms. The molecular weight excluding hydrogens is 277 g/mol. The molecule has 2 N–H and O–H groups in total. The maximum absolute atomic E-state index is 6.08. The van der Waals surface area contributed by atoms with Gasteiger partial charge in [-0.1, -0.05) is 23.2 Å². The molecule has 0 saturated carbocycles. The van der Waals surface area contributed by atoms with Crippen molar-refractivity contribution in [2.75, 3.05) is 5.73 Å². The summed E-state index contributed by atoms with van der Waals surface area (Å²) in [5.74, 6) is 1.60. The van der Waals surface area contributed by atoms with E-state index in [1.54, 1.807) is 30.1 Å². The number of nitrogens with two attached hydrogens (primary N) is 1. The van der Waals surface area contributed by atoms with E-state index in [0.29, 0.717) is 21.6 Å². The Labute approximate surface area is 114 Å². The first-order valence-electron chi connectivity index (χ1n) is 4.92. The van der Waals surface area contributed by atoms with E-state index >= 15 is 0 Å². The van der Waals surface area contributed by atoms with Gasteiger partial charge in [0.05, 0.1) is 17.0 Å². The number of anilines is 1.